The van der Waals surface area contributed by atoms with Gasteiger partial charge in [-0.15, -0.1) is 0 Å². The van der Waals surface area contributed by atoms with Crippen molar-refractivity contribution in [1.29, 1.82) is 0 Å². The second-order valence-electron chi connectivity index (χ2n) is 5.32. The van der Waals surface area contributed by atoms with E-state index in [4.69, 9.17) is 9.47 Å². The van der Waals surface area contributed by atoms with Gasteiger partial charge in [0.1, 0.15) is 5.82 Å². The Morgan fingerprint density at radius 3 is 2.63 bits per heavy atom. The first kappa shape index (κ1) is 19.8. The molecule has 0 saturated carbocycles. The molecule has 2 aromatic carbocycles. The van der Waals surface area contributed by atoms with E-state index < -0.39 is 29.2 Å². The van der Waals surface area contributed by atoms with Crippen LogP contribution in [0, 0.1) is 15.9 Å². The molecule has 1 amide bonds. The Morgan fingerprint density at radius 1 is 1.22 bits per heavy atom. The maximum absolute atomic E-state index is 13.5. The number of nitro groups is 1. The molecule has 0 bridgehead atoms. The van der Waals surface area contributed by atoms with Crippen molar-refractivity contribution >= 4 is 17.6 Å². The summed E-state index contributed by atoms with van der Waals surface area (Å²) in [6.45, 7) is 1.24. The lowest BCUT2D eigenvalue weighted by Crippen LogP contribution is -2.28. The Balaban J connectivity index is 1.93. The highest BCUT2D eigenvalue weighted by atomic mass is 19.1. The second-order valence-corrected chi connectivity index (χ2v) is 5.32. The number of benzene rings is 2. The van der Waals surface area contributed by atoms with Crippen LogP contribution in [-0.4, -0.2) is 30.0 Å². The summed E-state index contributed by atoms with van der Waals surface area (Å²) in [7, 11) is 0. The molecule has 2 aromatic rings. The van der Waals surface area contributed by atoms with Gasteiger partial charge in [-0.05, 0) is 25.1 Å². The number of nitrogens with one attached hydrogen (secondary N) is 1. The topological polar surface area (TPSA) is 108 Å². The van der Waals surface area contributed by atoms with Crippen LogP contribution in [-0.2, 0) is 16.1 Å². The van der Waals surface area contributed by atoms with Gasteiger partial charge in [0, 0.05) is 18.2 Å². The minimum Gasteiger partial charge on any atom is -0.487 e. The van der Waals surface area contributed by atoms with Crippen LogP contribution >= 0.6 is 0 Å². The van der Waals surface area contributed by atoms with Crippen molar-refractivity contribution in [2.45, 2.75) is 13.5 Å². The number of amides is 1. The molecule has 1 N–H and O–H groups in total. The minimum absolute atomic E-state index is 0.0293. The molecular formula is C18H17FN2O6. The van der Waals surface area contributed by atoms with E-state index in [0.717, 1.165) is 6.07 Å². The van der Waals surface area contributed by atoms with E-state index in [2.05, 4.69) is 5.32 Å². The number of ether oxygens (including phenoxy) is 2. The molecule has 27 heavy (non-hydrogen) atoms. The zero-order valence-electron chi connectivity index (χ0n) is 14.4. The molecule has 0 atom stereocenters. The van der Waals surface area contributed by atoms with Gasteiger partial charge in [0.25, 0.3) is 5.91 Å². The summed E-state index contributed by atoms with van der Waals surface area (Å²) in [6.07, 6.45) is 0. The van der Waals surface area contributed by atoms with Crippen LogP contribution in [0.5, 0.6) is 5.75 Å². The summed E-state index contributed by atoms with van der Waals surface area (Å²) in [4.78, 5) is 34.1. The van der Waals surface area contributed by atoms with E-state index in [1.807, 2.05) is 0 Å². The van der Waals surface area contributed by atoms with Crippen molar-refractivity contribution in [2.24, 2.45) is 0 Å². The van der Waals surface area contributed by atoms with Gasteiger partial charge in [-0.1, -0.05) is 18.2 Å². The molecule has 9 heteroatoms. The van der Waals surface area contributed by atoms with E-state index in [-0.39, 0.29) is 30.2 Å². The quantitative estimate of drug-likeness (QED) is 0.431. The lowest BCUT2D eigenvalue weighted by Gasteiger charge is -2.08. The zero-order chi connectivity index (χ0) is 19.8. The largest absolute Gasteiger partial charge is 0.487 e. The van der Waals surface area contributed by atoms with Crippen LogP contribution in [0.4, 0.5) is 10.1 Å². The lowest BCUT2D eigenvalue weighted by molar-refractivity contribution is -0.385. The monoisotopic (exact) mass is 376 g/mol. The molecule has 142 valence electrons. The number of halogens is 1. The number of rotatable bonds is 8. The van der Waals surface area contributed by atoms with Gasteiger partial charge >= 0.3 is 11.7 Å². The minimum atomic E-state index is -0.901. The average molecular weight is 376 g/mol. The molecule has 8 nitrogen and oxygen atoms in total. The van der Waals surface area contributed by atoms with Gasteiger partial charge in [-0.2, -0.15) is 0 Å². The van der Waals surface area contributed by atoms with Crippen LogP contribution in [0.15, 0.2) is 42.5 Å². The highest BCUT2D eigenvalue weighted by Crippen LogP contribution is 2.28. The summed E-state index contributed by atoms with van der Waals surface area (Å²) in [5.74, 6) is -1.97. The fourth-order valence-corrected chi connectivity index (χ4v) is 2.17. The summed E-state index contributed by atoms with van der Waals surface area (Å²) >= 11 is 0. The fourth-order valence-electron chi connectivity index (χ4n) is 2.17. The highest BCUT2D eigenvalue weighted by molar-refractivity contribution is 5.92. The molecule has 0 saturated heterocycles. The predicted molar refractivity (Wildman–Crippen MR) is 92.8 cm³/mol. The van der Waals surface area contributed by atoms with Crippen molar-refractivity contribution < 1.29 is 28.4 Å². The standard InChI is InChI=1S/C18H17FN2O6/c1-2-26-16-8-7-12(9-15(16)21(24)25)18(23)27-11-17(22)20-10-13-5-3-4-6-14(13)19/h3-9H,2,10-11H2,1H3,(H,20,22). The smallest absolute Gasteiger partial charge is 0.338 e. The van der Waals surface area contributed by atoms with Crippen molar-refractivity contribution in [3.8, 4) is 5.75 Å². The Kier molecular flexibility index (Phi) is 6.81. The molecule has 0 aliphatic carbocycles. The zero-order valence-corrected chi connectivity index (χ0v) is 14.4. The maximum Gasteiger partial charge on any atom is 0.338 e. The van der Waals surface area contributed by atoms with E-state index in [1.54, 1.807) is 13.0 Å². The summed E-state index contributed by atoms with van der Waals surface area (Å²) in [5, 5.41) is 13.5. The van der Waals surface area contributed by atoms with E-state index in [1.165, 1.54) is 30.3 Å². The molecule has 0 heterocycles. The van der Waals surface area contributed by atoms with Gasteiger partial charge in [0.2, 0.25) is 0 Å². The Labute approximate surface area is 154 Å². The molecule has 0 spiro atoms. The molecular weight excluding hydrogens is 359 g/mol. The number of esters is 1. The number of hydrogen-bond donors (Lipinski definition) is 1. The molecule has 2 rings (SSSR count). The van der Waals surface area contributed by atoms with E-state index in [9.17, 15) is 24.1 Å². The molecule has 0 aromatic heterocycles. The third-order valence-electron chi connectivity index (χ3n) is 3.46. The van der Waals surface area contributed by atoms with Crippen molar-refractivity contribution in [3.05, 3.63) is 69.5 Å². The molecule has 0 fully saturated rings. The Bertz CT molecular complexity index is 855. The van der Waals surface area contributed by atoms with Crippen molar-refractivity contribution in [3.63, 3.8) is 0 Å². The van der Waals surface area contributed by atoms with Gasteiger partial charge in [0.15, 0.2) is 12.4 Å². The average Bonchev–Trinajstić information content (AvgIpc) is 2.65. The maximum atomic E-state index is 13.5. The van der Waals surface area contributed by atoms with Gasteiger partial charge in [-0.3, -0.25) is 14.9 Å². The van der Waals surface area contributed by atoms with E-state index >= 15 is 0 Å². The lowest BCUT2D eigenvalue weighted by atomic mass is 10.2. The molecule has 0 unspecified atom stereocenters. The van der Waals surface area contributed by atoms with Crippen LogP contribution in [0.1, 0.15) is 22.8 Å². The fraction of sp³-hybridized carbons (Fsp3) is 0.222. The highest BCUT2D eigenvalue weighted by Gasteiger charge is 2.20. The number of nitrogens with zero attached hydrogens (tertiary/aromatic N) is 1. The third kappa shape index (κ3) is 5.50. The molecule has 0 radical (unpaired) electrons. The number of nitro benzene ring substituents is 1. The first-order valence-electron chi connectivity index (χ1n) is 8.00. The van der Waals surface area contributed by atoms with Crippen molar-refractivity contribution in [1.82, 2.24) is 5.32 Å². The molecule has 0 aliphatic rings. The number of carbonyl (C=O) groups excluding carboxylic acids is 2. The van der Waals surface area contributed by atoms with Gasteiger partial charge < -0.3 is 14.8 Å². The van der Waals surface area contributed by atoms with Crippen LogP contribution in [0.3, 0.4) is 0 Å². The summed E-state index contributed by atoms with van der Waals surface area (Å²) in [6, 6.07) is 9.54. The number of carbonyl (C=O) groups is 2. The van der Waals surface area contributed by atoms with E-state index in [0.29, 0.717) is 5.56 Å². The first-order chi connectivity index (χ1) is 12.9. The second kappa shape index (κ2) is 9.27. The normalized spacial score (nSPS) is 10.1. The SMILES string of the molecule is CCOc1ccc(C(=O)OCC(=O)NCc2ccccc2F)cc1[N+](=O)[O-]. The predicted octanol–water partition coefficient (Wildman–Crippen LogP) is 2.61. The van der Waals surface area contributed by atoms with Gasteiger partial charge in [-0.25, -0.2) is 9.18 Å². The summed E-state index contributed by atoms with van der Waals surface area (Å²) < 4.78 is 23.4. The van der Waals surface area contributed by atoms with Crippen LogP contribution < -0.4 is 10.1 Å². The Morgan fingerprint density at radius 2 is 1.96 bits per heavy atom. The van der Waals surface area contributed by atoms with Gasteiger partial charge in [0.05, 0.1) is 17.1 Å². The Hall–Kier alpha value is -3.49. The van der Waals surface area contributed by atoms with Crippen LogP contribution in [0.2, 0.25) is 0 Å². The first-order valence-corrected chi connectivity index (χ1v) is 8.00. The third-order valence-corrected chi connectivity index (χ3v) is 3.46. The van der Waals surface area contributed by atoms with Crippen LogP contribution in [0.25, 0.3) is 0 Å². The molecule has 0 aliphatic heterocycles. The van der Waals surface area contributed by atoms with Crippen molar-refractivity contribution in [2.75, 3.05) is 13.2 Å². The number of hydrogen-bond acceptors (Lipinski definition) is 6. The summed E-state index contributed by atoms with van der Waals surface area (Å²) in [5.41, 5.74) is -0.179.